The fourth-order valence-electron chi connectivity index (χ4n) is 3.74. The second-order valence-corrected chi connectivity index (χ2v) is 7.04. The first kappa shape index (κ1) is 17.5. The summed E-state index contributed by atoms with van der Waals surface area (Å²) in [5, 5.41) is 15.2. The van der Waals surface area contributed by atoms with Crippen molar-refractivity contribution < 1.29 is 14.3 Å². The Morgan fingerprint density at radius 3 is 2.89 bits per heavy atom. The normalized spacial score (nSPS) is 16.3. The van der Waals surface area contributed by atoms with Gasteiger partial charge in [-0.05, 0) is 35.6 Å². The van der Waals surface area contributed by atoms with E-state index in [0.717, 1.165) is 27.6 Å². The molecule has 0 bridgehead atoms. The van der Waals surface area contributed by atoms with Crippen LogP contribution in [0.3, 0.4) is 0 Å². The number of benzene rings is 3. The molecule has 138 valence electrons. The molecule has 0 saturated heterocycles. The minimum absolute atomic E-state index is 0.0913. The number of rotatable bonds is 3. The zero-order chi connectivity index (χ0) is 19.0. The minimum atomic E-state index is -0.526. The second-order valence-electron chi connectivity index (χ2n) is 7.04. The zero-order valence-corrected chi connectivity index (χ0v) is 15.1. The predicted molar refractivity (Wildman–Crippen MR) is 106 cm³/mol. The molecule has 27 heavy (non-hydrogen) atoms. The van der Waals surface area contributed by atoms with Gasteiger partial charge >= 0.3 is 0 Å². The standard InChI is InChI=1S/C22H21FN2O2/c1-14-6-9-17(23)11-20(14)24-21(27)13-25-12-18(26)10-16-8-7-15-4-2-3-5-19(15)22(16)25/h2-9,11,18,26H,10,12-13H2,1H3,(H,24,27)/t18-/m1/s1. The Bertz CT molecular complexity index is 1020. The van der Waals surface area contributed by atoms with E-state index in [1.54, 1.807) is 6.07 Å². The molecule has 0 aromatic heterocycles. The van der Waals surface area contributed by atoms with E-state index in [0.29, 0.717) is 18.7 Å². The highest BCUT2D eigenvalue weighted by Gasteiger charge is 2.26. The quantitative estimate of drug-likeness (QED) is 0.746. The summed E-state index contributed by atoms with van der Waals surface area (Å²) in [4.78, 5) is 14.6. The number of aryl methyl sites for hydroxylation is 1. The van der Waals surface area contributed by atoms with Crippen LogP contribution in [0.5, 0.6) is 0 Å². The number of aliphatic hydroxyl groups excluding tert-OH is 1. The van der Waals surface area contributed by atoms with E-state index in [1.165, 1.54) is 12.1 Å². The monoisotopic (exact) mass is 364 g/mol. The lowest BCUT2D eigenvalue weighted by atomic mass is 9.95. The fourth-order valence-corrected chi connectivity index (χ4v) is 3.74. The fraction of sp³-hybridized carbons (Fsp3) is 0.227. The molecule has 4 rings (SSSR count). The van der Waals surface area contributed by atoms with Gasteiger partial charge in [-0.1, -0.05) is 42.5 Å². The third-order valence-corrected chi connectivity index (χ3v) is 5.00. The number of halogens is 1. The number of amides is 1. The minimum Gasteiger partial charge on any atom is -0.391 e. The highest BCUT2D eigenvalue weighted by Crippen LogP contribution is 2.35. The highest BCUT2D eigenvalue weighted by molar-refractivity contribution is 6.00. The van der Waals surface area contributed by atoms with Crippen LogP contribution in [0.15, 0.2) is 54.6 Å². The van der Waals surface area contributed by atoms with E-state index >= 15 is 0 Å². The molecule has 1 amide bonds. The van der Waals surface area contributed by atoms with E-state index in [-0.39, 0.29) is 18.3 Å². The number of carbonyl (C=O) groups is 1. The van der Waals surface area contributed by atoms with Gasteiger partial charge in [-0.15, -0.1) is 0 Å². The average molecular weight is 364 g/mol. The molecule has 1 atom stereocenters. The van der Waals surface area contributed by atoms with Crippen molar-refractivity contribution in [2.24, 2.45) is 0 Å². The topological polar surface area (TPSA) is 52.6 Å². The molecule has 0 fully saturated rings. The van der Waals surface area contributed by atoms with Crippen LogP contribution in [0.2, 0.25) is 0 Å². The number of carbonyl (C=O) groups excluding carboxylic acids is 1. The maximum absolute atomic E-state index is 13.5. The van der Waals surface area contributed by atoms with Crippen LogP contribution in [0.25, 0.3) is 10.8 Å². The number of β-amino-alcohol motifs (C(OH)–C–C–N with tert-alkyl or cyclic N) is 1. The summed E-state index contributed by atoms with van der Waals surface area (Å²) in [6.45, 7) is 2.30. The maximum atomic E-state index is 13.5. The van der Waals surface area contributed by atoms with Crippen LogP contribution < -0.4 is 10.2 Å². The molecule has 0 aliphatic carbocycles. The van der Waals surface area contributed by atoms with Crippen LogP contribution in [0.4, 0.5) is 15.8 Å². The summed E-state index contributed by atoms with van der Waals surface area (Å²) in [7, 11) is 0. The summed E-state index contributed by atoms with van der Waals surface area (Å²) < 4.78 is 13.5. The molecule has 1 aliphatic heterocycles. The Kier molecular flexibility index (Phi) is 4.54. The lowest BCUT2D eigenvalue weighted by Gasteiger charge is -2.34. The van der Waals surface area contributed by atoms with Crippen LogP contribution in [-0.2, 0) is 11.2 Å². The van der Waals surface area contributed by atoms with E-state index < -0.39 is 6.10 Å². The van der Waals surface area contributed by atoms with E-state index in [4.69, 9.17) is 0 Å². The van der Waals surface area contributed by atoms with Gasteiger partial charge in [0.25, 0.3) is 0 Å². The van der Waals surface area contributed by atoms with Gasteiger partial charge in [-0.2, -0.15) is 0 Å². The maximum Gasteiger partial charge on any atom is 0.243 e. The molecule has 3 aromatic rings. The molecule has 0 unspecified atom stereocenters. The Balaban J connectivity index is 1.64. The number of hydrogen-bond donors (Lipinski definition) is 2. The molecule has 1 aliphatic rings. The van der Waals surface area contributed by atoms with E-state index in [2.05, 4.69) is 5.32 Å². The van der Waals surface area contributed by atoms with Crippen LogP contribution in [0.1, 0.15) is 11.1 Å². The van der Waals surface area contributed by atoms with Crippen molar-refractivity contribution in [3.8, 4) is 0 Å². The lowest BCUT2D eigenvalue weighted by Crippen LogP contribution is -2.43. The van der Waals surface area contributed by atoms with Gasteiger partial charge in [-0.25, -0.2) is 4.39 Å². The number of nitrogens with one attached hydrogen (secondary N) is 1. The first-order chi connectivity index (χ1) is 13.0. The molecule has 4 nitrogen and oxygen atoms in total. The molecule has 0 spiro atoms. The Labute approximate surface area is 157 Å². The molecule has 5 heteroatoms. The van der Waals surface area contributed by atoms with Crippen LogP contribution >= 0.6 is 0 Å². The van der Waals surface area contributed by atoms with Crippen molar-refractivity contribution in [3.05, 3.63) is 71.5 Å². The largest absolute Gasteiger partial charge is 0.391 e. The number of nitrogens with zero attached hydrogens (tertiary/aromatic N) is 1. The number of aliphatic hydroxyl groups is 1. The summed E-state index contributed by atoms with van der Waals surface area (Å²) in [5.74, 6) is -0.627. The molecule has 1 heterocycles. The SMILES string of the molecule is Cc1ccc(F)cc1NC(=O)CN1C[C@H](O)Cc2ccc3ccccc3c21. The molecular formula is C22H21FN2O2. The van der Waals surface area contributed by atoms with Crippen molar-refractivity contribution >= 4 is 28.1 Å². The molecule has 3 aromatic carbocycles. The van der Waals surface area contributed by atoms with Gasteiger partial charge in [0.15, 0.2) is 0 Å². The molecule has 0 saturated carbocycles. The third kappa shape index (κ3) is 3.51. The number of anilines is 2. The lowest BCUT2D eigenvalue weighted by molar-refractivity contribution is -0.115. The van der Waals surface area contributed by atoms with Gasteiger partial charge in [0.05, 0.1) is 12.6 Å². The Hall–Kier alpha value is -2.92. The number of hydrogen-bond acceptors (Lipinski definition) is 3. The van der Waals surface area contributed by atoms with Crippen molar-refractivity contribution in [2.75, 3.05) is 23.3 Å². The summed E-state index contributed by atoms with van der Waals surface area (Å²) in [6.07, 6.45) is 0.0451. The average Bonchev–Trinajstić information content (AvgIpc) is 2.64. The molecule has 0 radical (unpaired) electrons. The third-order valence-electron chi connectivity index (χ3n) is 5.00. The van der Waals surface area contributed by atoms with Gasteiger partial charge in [-0.3, -0.25) is 4.79 Å². The Morgan fingerprint density at radius 1 is 1.22 bits per heavy atom. The van der Waals surface area contributed by atoms with Crippen molar-refractivity contribution in [2.45, 2.75) is 19.4 Å². The zero-order valence-electron chi connectivity index (χ0n) is 15.1. The van der Waals surface area contributed by atoms with E-state index in [1.807, 2.05) is 48.2 Å². The smallest absolute Gasteiger partial charge is 0.243 e. The summed E-state index contributed by atoms with van der Waals surface area (Å²) in [6, 6.07) is 16.4. The van der Waals surface area contributed by atoms with Gasteiger partial charge in [0.2, 0.25) is 5.91 Å². The molecular weight excluding hydrogens is 343 g/mol. The Morgan fingerprint density at radius 2 is 2.04 bits per heavy atom. The predicted octanol–water partition coefficient (Wildman–Crippen LogP) is 3.65. The van der Waals surface area contributed by atoms with Crippen LogP contribution in [-0.4, -0.2) is 30.2 Å². The second kappa shape index (κ2) is 7.00. The van der Waals surface area contributed by atoms with Crippen molar-refractivity contribution in [1.29, 1.82) is 0 Å². The first-order valence-corrected chi connectivity index (χ1v) is 9.01. The van der Waals surface area contributed by atoms with Gasteiger partial charge in [0.1, 0.15) is 5.82 Å². The van der Waals surface area contributed by atoms with E-state index in [9.17, 15) is 14.3 Å². The van der Waals surface area contributed by atoms with Crippen molar-refractivity contribution in [3.63, 3.8) is 0 Å². The highest BCUT2D eigenvalue weighted by atomic mass is 19.1. The van der Waals surface area contributed by atoms with Gasteiger partial charge in [0, 0.05) is 29.7 Å². The van der Waals surface area contributed by atoms with Crippen molar-refractivity contribution in [1.82, 2.24) is 0 Å². The van der Waals surface area contributed by atoms with Gasteiger partial charge < -0.3 is 15.3 Å². The van der Waals surface area contributed by atoms with Crippen LogP contribution in [0, 0.1) is 12.7 Å². The first-order valence-electron chi connectivity index (χ1n) is 9.01. The number of fused-ring (bicyclic) bond motifs is 3. The summed E-state index contributed by atoms with van der Waals surface area (Å²) in [5.41, 5.74) is 3.29. The summed E-state index contributed by atoms with van der Waals surface area (Å²) >= 11 is 0. The molecule has 2 N–H and O–H groups in total.